The van der Waals surface area contributed by atoms with Crippen molar-refractivity contribution < 1.29 is 9.15 Å². The summed E-state index contributed by atoms with van der Waals surface area (Å²) in [7, 11) is 0. The molecule has 0 bridgehead atoms. The fraction of sp³-hybridized carbons (Fsp3) is 0. The standard InChI is InChI=1S/C47H29N3O2/c1-2-9-30(10-3-1)31-11-8-12-32(25-31)49-42-15-6-4-13-36(42)39-27-34(18-20-44(39)49)51-35-19-21-45-40(28-35)37-14-5-7-16-43(37)50(45)33-17-22-46-41(26-33)38-23-24-48-29-47(38)52-46/h1-29H. The number of nitrogens with zero attached hydrogens (tertiary/aromatic N) is 3. The number of hydrogen-bond acceptors (Lipinski definition) is 3. The smallest absolute Gasteiger partial charge is 0.153 e. The van der Waals surface area contributed by atoms with Crippen molar-refractivity contribution >= 4 is 65.6 Å². The van der Waals surface area contributed by atoms with Crippen LogP contribution < -0.4 is 4.74 Å². The average molecular weight is 668 g/mol. The minimum absolute atomic E-state index is 0.790. The number of benzene rings is 7. The topological polar surface area (TPSA) is 45.1 Å². The van der Waals surface area contributed by atoms with E-state index in [-0.39, 0.29) is 0 Å². The highest BCUT2D eigenvalue weighted by molar-refractivity contribution is 6.12. The van der Waals surface area contributed by atoms with E-state index in [9.17, 15) is 0 Å². The van der Waals surface area contributed by atoms with Crippen molar-refractivity contribution in [3.63, 3.8) is 0 Å². The van der Waals surface area contributed by atoms with Crippen molar-refractivity contribution in [3.8, 4) is 34.0 Å². The minimum atomic E-state index is 0.790. The van der Waals surface area contributed by atoms with E-state index in [1.54, 1.807) is 6.20 Å². The maximum atomic E-state index is 6.66. The molecule has 0 aliphatic heterocycles. The predicted octanol–water partition coefficient (Wildman–Crippen LogP) is 12.6. The van der Waals surface area contributed by atoms with E-state index in [1.165, 1.54) is 21.9 Å². The molecule has 4 heterocycles. The summed E-state index contributed by atoms with van der Waals surface area (Å²) in [4.78, 5) is 4.24. The molecule has 7 aromatic carbocycles. The van der Waals surface area contributed by atoms with Gasteiger partial charge in [-0.05, 0) is 96.1 Å². The predicted molar refractivity (Wildman–Crippen MR) is 212 cm³/mol. The minimum Gasteiger partial charge on any atom is -0.457 e. The molecule has 244 valence electrons. The van der Waals surface area contributed by atoms with Gasteiger partial charge in [0.25, 0.3) is 0 Å². The van der Waals surface area contributed by atoms with Crippen LogP contribution in [-0.2, 0) is 0 Å². The molecular weight excluding hydrogens is 639 g/mol. The molecule has 5 nitrogen and oxygen atoms in total. The van der Waals surface area contributed by atoms with Gasteiger partial charge < -0.3 is 18.3 Å². The lowest BCUT2D eigenvalue weighted by Crippen LogP contribution is -1.94. The molecule has 0 amide bonds. The molecule has 0 radical (unpaired) electrons. The molecule has 0 spiro atoms. The first-order valence-electron chi connectivity index (χ1n) is 17.4. The van der Waals surface area contributed by atoms with Crippen LogP contribution in [0.4, 0.5) is 0 Å². The molecule has 0 aliphatic carbocycles. The van der Waals surface area contributed by atoms with Gasteiger partial charge in [-0.25, -0.2) is 0 Å². The third kappa shape index (κ3) is 4.39. The molecule has 11 aromatic rings. The maximum absolute atomic E-state index is 6.66. The largest absolute Gasteiger partial charge is 0.457 e. The summed E-state index contributed by atoms with van der Waals surface area (Å²) in [5.74, 6) is 1.58. The van der Waals surface area contributed by atoms with Gasteiger partial charge in [0.05, 0.1) is 28.3 Å². The molecule has 4 aromatic heterocycles. The van der Waals surface area contributed by atoms with Crippen molar-refractivity contribution in [1.29, 1.82) is 0 Å². The van der Waals surface area contributed by atoms with Crippen molar-refractivity contribution in [1.82, 2.24) is 14.1 Å². The van der Waals surface area contributed by atoms with Gasteiger partial charge in [-0.15, -0.1) is 0 Å². The van der Waals surface area contributed by atoms with Gasteiger partial charge in [0.1, 0.15) is 17.1 Å². The fourth-order valence-corrected chi connectivity index (χ4v) is 7.94. The Balaban J connectivity index is 1.01. The summed E-state index contributed by atoms with van der Waals surface area (Å²) in [6.07, 6.45) is 3.59. The van der Waals surface area contributed by atoms with E-state index in [0.717, 1.165) is 77.7 Å². The quantitative estimate of drug-likeness (QED) is 0.183. The molecule has 0 aliphatic rings. The highest BCUT2D eigenvalue weighted by atomic mass is 16.5. The van der Waals surface area contributed by atoms with Crippen LogP contribution in [0.3, 0.4) is 0 Å². The fourth-order valence-electron chi connectivity index (χ4n) is 7.94. The summed E-state index contributed by atoms with van der Waals surface area (Å²) in [5.41, 5.74) is 10.8. The van der Waals surface area contributed by atoms with Crippen molar-refractivity contribution in [3.05, 3.63) is 176 Å². The Kier molecular flexibility index (Phi) is 6.18. The number of ether oxygens (including phenoxy) is 1. The Morgan fingerprint density at radius 2 is 1.02 bits per heavy atom. The van der Waals surface area contributed by atoms with Crippen LogP contribution in [0, 0.1) is 0 Å². The van der Waals surface area contributed by atoms with Crippen LogP contribution in [0.1, 0.15) is 0 Å². The third-order valence-electron chi connectivity index (χ3n) is 10.3. The molecule has 52 heavy (non-hydrogen) atoms. The normalized spacial score (nSPS) is 11.8. The van der Waals surface area contributed by atoms with E-state index in [2.05, 4.69) is 172 Å². The van der Waals surface area contributed by atoms with E-state index < -0.39 is 0 Å². The highest BCUT2D eigenvalue weighted by Crippen LogP contribution is 2.39. The second-order valence-corrected chi connectivity index (χ2v) is 13.2. The number of rotatable bonds is 5. The van der Waals surface area contributed by atoms with E-state index in [4.69, 9.17) is 9.15 Å². The van der Waals surface area contributed by atoms with Crippen molar-refractivity contribution in [2.45, 2.75) is 0 Å². The summed E-state index contributed by atoms with van der Waals surface area (Å²) in [6, 6.07) is 57.7. The molecule has 0 saturated heterocycles. The number of aromatic nitrogens is 3. The van der Waals surface area contributed by atoms with Crippen LogP contribution >= 0.6 is 0 Å². The Morgan fingerprint density at radius 3 is 1.73 bits per heavy atom. The monoisotopic (exact) mass is 667 g/mol. The van der Waals surface area contributed by atoms with Crippen LogP contribution in [0.15, 0.2) is 181 Å². The van der Waals surface area contributed by atoms with Gasteiger partial charge in [-0.1, -0.05) is 78.9 Å². The average Bonchev–Trinajstić information content (AvgIpc) is 3.85. The number of fused-ring (bicyclic) bond motifs is 9. The molecular formula is C47H29N3O2. The second kappa shape index (κ2) is 11.2. The number of furan rings is 1. The van der Waals surface area contributed by atoms with Gasteiger partial charge in [0.2, 0.25) is 0 Å². The van der Waals surface area contributed by atoms with E-state index >= 15 is 0 Å². The summed E-state index contributed by atoms with van der Waals surface area (Å²) < 4.78 is 17.4. The van der Waals surface area contributed by atoms with Crippen LogP contribution in [0.2, 0.25) is 0 Å². The highest BCUT2D eigenvalue weighted by Gasteiger charge is 2.17. The van der Waals surface area contributed by atoms with E-state index in [0.29, 0.717) is 0 Å². The van der Waals surface area contributed by atoms with Crippen LogP contribution in [0.5, 0.6) is 11.5 Å². The van der Waals surface area contributed by atoms with Gasteiger partial charge in [0, 0.05) is 49.9 Å². The van der Waals surface area contributed by atoms with Gasteiger partial charge in [-0.2, -0.15) is 0 Å². The number of pyridine rings is 1. The van der Waals surface area contributed by atoms with Crippen molar-refractivity contribution in [2.75, 3.05) is 0 Å². The molecule has 0 saturated carbocycles. The van der Waals surface area contributed by atoms with Gasteiger partial charge in [-0.3, -0.25) is 4.98 Å². The molecule has 0 unspecified atom stereocenters. The zero-order valence-corrected chi connectivity index (χ0v) is 27.9. The second-order valence-electron chi connectivity index (χ2n) is 13.2. The van der Waals surface area contributed by atoms with Crippen LogP contribution in [0.25, 0.3) is 88.1 Å². The Hall–Kier alpha value is -7.11. The molecule has 11 rings (SSSR count). The van der Waals surface area contributed by atoms with Gasteiger partial charge >= 0.3 is 0 Å². The van der Waals surface area contributed by atoms with Crippen LogP contribution in [-0.4, -0.2) is 14.1 Å². The Labute approximate surface area is 298 Å². The van der Waals surface area contributed by atoms with Crippen molar-refractivity contribution in [2.24, 2.45) is 0 Å². The summed E-state index contributed by atoms with van der Waals surface area (Å²) >= 11 is 0. The first-order chi connectivity index (χ1) is 25.8. The Morgan fingerprint density at radius 1 is 0.404 bits per heavy atom. The SMILES string of the molecule is c1ccc(-c2cccc(-n3c4ccccc4c4cc(Oc5ccc6c(c5)c5ccccc5n6-c5ccc6oc7cnccc7c6c5)ccc43)c2)cc1. The molecule has 0 fully saturated rings. The summed E-state index contributed by atoms with van der Waals surface area (Å²) in [6.45, 7) is 0. The summed E-state index contributed by atoms with van der Waals surface area (Å²) in [5, 5.41) is 6.76. The first kappa shape index (κ1) is 28.7. The first-order valence-corrected chi connectivity index (χ1v) is 17.4. The van der Waals surface area contributed by atoms with E-state index in [1.807, 2.05) is 12.3 Å². The Bertz CT molecular complexity index is 3170. The number of hydrogen-bond donors (Lipinski definition) is 0. The zero-order chi connectivity index (χ0) is 34.2. The lowest BCUT2D eigenvalue weighted by Gasteiger charge is -2.11. The molecule has 5 heteroatoms. The number of para-hydroxylation sites is 2. The molecule has 0 N–H and O–H groups in total. The zero-order valence-electron chi connectivity index (χ0n) is 27.9. The lowest BCUT2D eigenvalue weighted by atomic mass is 10.1. The van der Waals surface area contributed by atoms with Gasteiger partial charge in [0.15, 0.2) is 5.58 Å². The maximum Gasteiger partial charge on any atom is 0.153 e. The molecule has 0 atom stereocenters. The lowest BCUT2D eigenvalue weighted by molar-refractivity contribution is 0.484. The third-order valence-corrected chi connectivity index (χ3v) is 10.3.